The van der Waals surface area contributed by atoms with Gasteiger partial charge >= 0.3 is 0 Å². The van der Waals surface area contributed by atoms with Gasteiger partial charge < -0.3 is 4.74 Å². The highest BCUT2D eigenvalue weighted by atomic mass is 19.1. The largest absolute Gasteiger partial charge is 0.332 e. The van der Waals surface area contributed by atoms with Crippen LogP contribution in [0.15, 0.2) is 48.5 Å². The first-order valence-electron chi connectivity index (χ1n) is 6.93. The Morgan fingerprint density at radius 3 is 2.55 bits per heavy atom. The zero-order chi connectivity index (χ0) is 15.5. The predicted octanol–water partition coefficient (Wildman–Crippen LogP) is 2.84. The first-order valence-corrected chi connectivity index (χ1v) is 6.93. The number of hydrogen-bond acceptors (Lipinski definition) is 3. The van der Waals surface area contributed by atoms with Crippen LogP contribution in [-0.4, -0.2) is 17.4 Å². The highest BCUT2D eigenvalue weighted by Crippen LogP contribution is 2.59. The van der Waals surface area contributed by atoms with Gasteiger partial charge in [0.1, 0.15) is 11.9 Å². The van der Waals surface area contributed by atoms with Crippen molar-refractivity contribution in [3.8, 4) is 0 Å². The molecule has 2 heterocycles. The number of halogens is 1. The Bertz CT molecular complexity index is 802. The van der Waals surface area contributed by atoms with Gasteiger partial charge in [0, 0.05) is 12.5 Å². The number of fused-ring (bicyclic) bond motifs is 1. The summed E-state index contributed by atoms with van der Waals surface area (Å²) in [5.74, 6) is -0.849. The molecule has 2 aromatic rings. The molecular formula is C17H12FNO3. The van der Waals surface area contributed by atoms with Gasteiger partial charge in [-0.1, -0.05) is 24.3 Å². The molecule has 0 unspecified atom stereocenters. The highest BCUT2D eigenvalue weighted by Gasteiger charge is 2.72. The number of ketones is 1. The van der Waals surface area contributed by atoms with Crippen molar-refractivity contribution in [2.45, 2.75) is 18.8 Å². The van der Waals surface area contributed by atoms with Crippen LogP contribution in [0.4, 0.5) is 10.1 Å². The van der Waals surface area contributed by atoms with E-state index < -0.39 is 11.8 Å². The van der Waals surface area contributed by atoms with Crippen LogP contribution in [-0.2, 0) is 9.53 Å². The lowest BCUT2D eigenvalue weighted by atomic mass is 10.0. The molecule has 2 atom stereocenters. The first kappa shape index (κ1) is 13.2. The Hall–Kier alpha value is -2.53. The molecule has 0 N–H and O–H groups in total. The van der Waals surface area contributed by atoms with Crippen molar-refractivity contribution in [2.24, 2.45) is 0 Å². The van der Waals surface area contributed by atoms with Crippen LogP contribution >= 0.6 is 0 Å². The normalized spacial score (nSPS) is 25.5. The lowest BCUT2D eigenvalue weighted by Crippen LogP contribution is -2.43. The SMILES string of the molecule is CC(=O)N1c2ccccc2C(=O)[C@@]12O[C@H]2c1ccc(F)cc1. The fourth-order valence-electron chi connectivity index (χ4n) is 3.16. The molecule has 2 aromatic carbocycles. The molecule has 22 heavy (non-hydrogen) atoms. The molecule has 0 aliphatic carbocycles. The minimum absolute atomic E-state index is 0.229. The van der Waals surface area contributed by atoms with E-state index in [1.54, 1.807) is 36.4 Å². The Kier molecular flexibility index (Phi) is 2.53. The number of Topliss-reactive ketones (excluding diaryl/α,β-unsaturated/α-hetero) is 1. The average Bonchev–Trinajstić information content (AvgIpc) is 3.17. The van der Waals surface area contributed by atoms with Gasteiger partial charge in [0.05, 0.1) is 5.69 Å². The summed E-state index contributed by atoms with van der Waals surface area (Å²) < 4.78 is 18.8. The molecule has 1 fully saturated rings. The summed E-state index contributed by atoms with van der Waals surface area (Å²) in [5, 5.41) is 0. The zero-order valence-corrected chi connectivity index (χ0v) is 11.7. The molecule has 0 radical (unpaired) electrons. The summed E-state index contributed by atoms with van der Waals surface area (Å²) >= 11 is 0. The second-order valence-corrected chi connectivity index (χ2v) is 5.45. The lowest BCUT2D eigenvalue weighted by Gasteiger charge is -2.20. The maximum Gasteiger partial charge on any atom is 0.244 e. The van der Waals surface area contributed by atoms with Crippen LogP contribution in [0.5, 0.6) is 0 Å². The summed E-state index contributed by atoms with van der Waals surface area (Å²) in [7, 11) is 0. The van der Waals surface area contributed by atoms with Gasteiger partial charge in [-0.05, 0) is 29.8 Å². The molecule has 1 spiro atoms. The van der Waals surface area contributed by atoms with Gasteiger partial charge in [-0.2, -0.15) is 0 Å². The molecule has 5 heteroatoms. The molecule has 1 amide bonds. The lowest BCUT2D eigenvalue weighted by molar-refractivity contribution is -0.117. The van der Waals surface area contributed by atoms with E-state index in [2.05, 4.69) is 0 Å². The summed E-state index contributed by atoms with van der Waals surface area (Å²) in [6, 6.07) is 12.7. The molecule has 0 saturated carbocycles. The number of rotatable bonds is 1. The molecule has 2 aliphatic heterocycles. The summed E-state index contributed by atoms with van der Waals surface area (Å²) in [6.45, 7) is 1.40. The average molecular weight is 297 g/mol. The van der Waals surface area contributed by atoms with E-state index in [0.717, 1.165) is 0 Å². The van der Waals surface area contributed by atoms with Gasteiger partial charge in [0.15, 0.2) is 0 Å². The van der Waals surface area contributed by atoms with Gasteiger partial charge in [0.25, 0.3) is 0 Å². The smallest absolute Gasteiger partial charge is 0.244 e. The first-order chi connectivity index (χ1) is 10.6. The van der Waals surface area contributed by atoms with Crippen molar-refractivity contribution in [2.75, 3.05) is 4.90 Å². The van der Waals surface area contributed by atoms with E-state index >= 15 is 0 Å². The third-order valence-corrected chi connectivity index (χ3v) is 4.13. The fourth-order valence-corrected chi connectivity index (χ4v) is 3.16. The number of carbonyl (C=O) groups excluding carboxylic acids is 2. The van der Waals surface area contributed by atoms with Gasteiger partial charge in [-0.25, -0.2) is 4.39 Å². The quantitative estimate of drug-likeness (QED) is 0.761. The Morgan fingerprint density at radius 2 is 1.86 bits per heavy atom. The molecule has 0 aromatic heterocycles. The summed E-state index contributed by atoms with van der Waals surface area (Å²) in [5.41, 5.74) is 0.397. The minimum atomic E-state index is -1.31. The molecule has 110 valence electrons. The van der Waals surface area contributed by atoms with Crippen molar-refractivity contribution in [3.05, 3.63) is 65.5 Å². The number of para-hydroxylation sites is 1. The van der Waals surface area contributed by atoms with Crippen LogP contribution < -0.4 is 4.90 Å². The standard InChI is InChI=1S/C17H12FNO3/c1-10(20)19-14-5-3-2-4-13(14)15(21)17(19)16(22-17)11-6-8-12(18)9-7-11/h2-9,16H,1H3/t16-,17-/m0/s1. The molecule has 4 rings (SSSR count). The maximum absolute atomic E-state index is 13.1. The number of carbonyl (C=O) groups is 2. The van der Waals surface area contributed by atoms with Gasteiger partial charge in [0.2, 0.25) is 17.4 Å². The minimum Gasteiger partial charge on any atom is -0.332 e. The fraction of sp³-hybridized carbons (Fsp3) is 0.176. The van der Waals surface area contributed by atoms with Crippen molar-refractivity contribution in [1.82, 2.24) is 0 Å². The van der Waals surface area contributed by atoms with Crippen LogP contribution in [0.1, 0.15) is 28.9 Å². The summed E-state index contributed by atoms with van der Waals surface area (Å²) in [6.07, 6.45) is -0.572. The van der Waals surface area contributed by atoms with E-state index in [9.17, 15) is 14.0 Å². The molecule has 1 saturated heterocycles. The maximum atomic E-state index is 13.1. The molecule has 2 aliphatic rings. The Morgan fingerprint density at radius 1 is 1.18 bits per heavy atom. The number of hydrogen-bond donors (Lipinski definition) is 0. The van der Waals surface area contributed by atoms with Crippen molar-refractivity contribution < 1.29 is 18.7 Å². The van der Waals surface area contributed by atoms with Crippen molar-refractivity contribution >= 4 is 17.4 Å². The Labute approximate surface area is 126 Å². The Balaban J connectivity index is 1.81. The van der Waals surface area contributed by atoms with Gasteiger partial charge in [-0.3, -0.25) is 14.5 Å². The van der Waals surface area contributed by atoms with Crippen molar-refractivity contribution in [3.63, 3.8) is 0 Å². The number of epoxide rings is 1. The monoisotopic (exact) mass is 297 g/mol. The van der Waals surface area contributed by atoms with Crippen LogP contribution in [0.25, 0.3) is 0 Å². The van der Waals surface area contributed by atoms with Crippen LogP contribution in [0, 0.1) is 5.82 Å². The van der Waals surface area contributed by atoms with Crippen LogP contribution in [0.3, 0.4) is 0 Å². The molecular weight excluding hydrogens is 285 g/mol. The third kappa shape index (κ3) is 1.54. The predicted molar refractivity (Wildman–Crippen MR) is 76.9 cm³/mol. The molecule has 0 bridgehead atoms. The number of ether oxygens (including phenoxy) is 1. The van der Waals surface area contributed by atoms with E-state index in [4.69, 9.17) is 4.74 Å². The van der Waals surface area contributed by atoms with E-state index in [-0.39, 0.29) is 17.5 Å². The zero-order valence-electron chi connectivity index (χ0n) is 11.7. The van der Waals surface area contributed by atoms with E-state index in [1.807, 2.05) is 0 Å². The topological polar surface area (TPSA) is 49.9 Å². The van der Waals surface area contributed by atoms with E-state index in [1.165, 1.54) is 24.0 Å². The number of benzene rings is 2. The number of anilines is 1. The third-order valence-electron chi connectivity index (χ3n) is 4.13. The number of amides is 1. The van der Waals surface area contributed by atoms with Gasteiger partial charge in [-0.15, -0.1) is 0 Å². The highest BCUT2D eigenvalue weighted by molar-refractivity contribution is 6.21. The number of nitrogens with zero attached hydrogens (tertiary/aromatic N) is 1. The van der Waals surface area contributed by atoms with Crippen LogP contribution in [0.2, 0.25) is 0 Å². The van der Waals surface area contributed by atoms with E-state index in [0.29, 0.717) is 16.8 Å². The second kappa shape index (κ2) is 4.24. The summed E-state index contributed by atoms with van der Waals surface area (Å²) in [4.78, 5) is 26.2. The molecule has 4 nitrogen and oxygen atoms in total. The van der Waals surface area contributed by atoms with Crippen molar-refractivity contribution in [1.29, 1.82) is 0 Å². The second-order valence-electron chi connectivity index (χ2n) is 5.45.